The van der Waals surface area contributed by atoms with Crippen LogP contribution in [0.4, 0.5) is 0 Å². The minimum atomic E-state index is -0.682. The van der Waals surface area contributed by atoms with E-state index in [1.807, 2.05) is 6.92 Å². The van der Waals surface area contributed by atoms with Gasteiger partial charge in [0.2, 0.25) is 0 Å². The molecule has 0 aliphatic rings. The maximum Gasteiger partial charge on any atom is 0.116 e. The molecule has 0 aliphatic carbocycles. The first-order chi connectivity index (χ1) is 6.33. The first-order valence-corrected chi connectivity index (χ1v) is 5.37. The van der Waals surface area contributed by atoms with E-state index < -0.39 is 5.72 Å². The zero-order valence-corrected chi connectivity index (χ0v) is 9.97. The van der Waals surface area contributed by atoms with E-state index in [2.05, 4.69) is 20.8 Å². The van der Waals surface area contributed by atoms with Crippen LogP contribution in [-0.2, 0) is 4.74 Å². The highest BCUT2D eigenvalue weighted by Crippen LogP contribution is 2.24. The van der Waals surface area contributed by atoms with Gasteiger partial charge in [0.15, 0.2) is 0 Å². The predicted molar refractivity (Wildman–Crippen MR) is 58.9 cm³/mol. The lowest BCUT2D eigenvalue weighted by molar-refractivity contribution is -0.0513. The van der Waals surface area contributed by atoms with Crippen LogP contribution in [0.15, 0.2) is 0 Å². The van der Waals surface area contributed by atoms with E-state index in [-0.39, 0.29) is 6.61 Å². The van der Waals surface area contributed by atoms with E-state index in [4.69, 9.17) is 15.6 Å². The fourth-order valence-electron chi connectivity index (χ4n) is 1.03. The Kier molecular flexibility index (Phi) is 5.64. The van der Waals surface area contributed by atoms with E-state index >= 15 is 0 Å². The Morgan fingerprint density at radius 2 is 1.79 bits per heavy atom. The minimum Gasteiger partial charge on any atom is -0.396 e. The second-order valence-electron chi connectivity index (χ2n) is 4.90. The van der Waals surface area contributed by atoms with Crippen molar-refractivity contribution in [2.45, 2.75) is 52.7 Å². The topological polar surface area (TPSA) is 55.5 Å². The number of aliphatic hydroxyl groups is 1. The van der Waals surface area contributed by atoms with Crippen molar-refractivity contribution in [3.8, 4) is 0 Å². The third-order valence-electron chi connectivity index (χ3n) is 2.78. The molecule has 0 heterocycles. The molecule has 14 heavy (non-hydrogen) atoms. The molecular weight excluding hydrogens is 178 g/mol. The predicted octanol–water partition coefficient (Wildman–Crippen LogP) is 1.89. The molecule has 0 aromatic heterocycles. The van der Waals surface area contributed by atoms with Gasteiger partial charge in [-0.3, -0.25) is 0 Å². The molecule has 0 saturated heterocycles. The summed E-state index contributed by atoms with van der Waals surface area (Å²) in [6.45, 7) is 9.15. The van der Waals surface area contributed by atoms with Gasteiger partial charge < -0.3 is 15.6 Å². The molecule has 0 amide bonds. The van der Waals surface area contributed by atoms with Gasteiger partial charge in [0.05, 0.1) is 0 Å². The third-order valence-corrected chi connectivity index (χ3v) is 2.78. The average Bonchev–Trinajstić information content (AvgIpc) is 2.03. The van der Waals surface area contributed by atoms with E-state index in [1.54, 1.807) is 0 Å². The molecular formula is C11H25NO2. The summed E-state index contributed by atoms with van der Waals surface area (Å²) in [6, 6.07) is 0. The van der Waals surface area contributed by atoms with Crippen molar-refractivity contribution in [1.82, 2.24) is 0 Å². The molecule has 0 fully saturated rings. The van der Waals surface area contributed by atoms with Crippen molar-refractivity contribution in [3.63, 3.8) is 0 Å². The van der Waals surface area contributed by atoms with Gasteiger partial charge in [0.25, 0.3) is 0 Å². The van der Waals surface area contributed by atoms with E-state index in [1.165, 1.54) is 0 Å². The van der Waals surface area contributed by atoms with Gasteiger partial charge in [-0.2, -0.15) is 0 Å². The van der Waals surface area contributed by atoms with Gasteiger partial charge in [0.1, 0.15) is 5.72 Å². The van der Waals surface area contributed by atoms with E-state index in [9.17, 15) is 0 Å². The fourth-order valence-corrected chi connectivity index (χ4v) is 1.03. The number of rotatable bonds is 7. The third kappa shape index (κ3) is 6.35. The van der Waals surface area contributed by atoms with Crippen molar-refractivity contribution in [3.05, 3.63) is 0 Å². The first kappa shape index (κ1) is 13.9. The number of hydrogen-bond acceptors (Lipinski definition) is 3. The van der Waals surface area contributed by atoms with Crippen LogP contribution in [0.5, 0.6) is 0 Å². The summed E-state index contributed by atoms with van der Waals surface area (Å²) in [4.78, 5) is 0. The summed E-state index contributed by atoms with van der Waals surface area (Å²) in [6.07, 6.45) is 2.62. The van der Waals surface area contributed by atoms with Gasteiger partial charge in [-0.05, 0) is 18.8 Å². The summed E-state index contributed by atoms with van der Waals surface area (Å²) < 4.78 is 5.53. The minimum absolute atomic E-state index is 0.0736. The van der Waals surface area contributed by atoms with Gasteiger partial charge >= 0.3 is 0 Å². The summed E-state index contributed by atoms with van der Waals surface area (Å²) in [5.74, 6) is 0. The molecule has 3 nitrogen and oxygen atoms in total. The second-order valence-corrected chi connectivity index (χ2v) is 4.90. The van der Waals surface area contributed by atoms with Crippen LogP contribution in [0.25, 0.3) is 0 Å². The van der Waals surface area contributed by atoms with Crippen molar-refractivity contribution < 1.29 is 9.84 Å². The van der Waals surface area contributed by atoms with E-state index in [0.29, 0.717) is 18.4 Å². The summed E-state index contributed by atoms with van der Waals surface area (Å²) >= 11 is 0. The highest BCUT2D eigenvalue weighted by Gasteiger charge is 2.20. The Hall–Kier alpha value is -0.120. The maximum absolute atomic E-state index is 8.75. The zero-order chi connectivity index (χ0) is 11.2. The normalized spacial score (nSPS) is 16.7. The Bertz CT molecular complexity index is 155. The number of nitrogens with two attached hydrogens (primary N) is 1. The summed E-state index contributed by atoms with van der Waals surface area (Å²) in [5, 5.41) is 8.75. The van der Waals surface area contributed by atoms with Crippen LogP contribution in [0.2, 0.25) is 0 Å². The van der Waals surface area contributed by atoms with Crippen LogP contribution in [-0.4, -0.2) is 24.0 Å². The van der Waals surface area contributed by atoms with Crippen LogP contribution in [0.1, 0.15) is 47.0 Å². The van der Waals surface area contributed by atoms with Crippen LogP contribution < -0.4 is 5.73 Å². The lowest BCUT2D eigenvalue weighted by atomic mass is 9.87. The highest BCUT2D eigenvalue weighted by atomic mass is 16.5. The molecule has 0 spiro atoms. The molecule has 0 rings (SSSR count). The number of hydrogen-bond donors (Lipinski definition) is 2. The molecule has 3 heteroatoms. The average molecular weight is 203 g/mol. The zero-order valence-electron chi connectivity index (χ0n) is 9.97. The summed E-state index contributed by atoms with van der Waals surface area (Å²) in [5.41, 5.74) is 5.45. The Balaban J connectivity index is 3.73. The Morgan fingerprint density at radius 3 is 2.21 bits per heavy atom. The maximum atomic E-state index is 8.75. The van der Waals surface area contributed by atoms with Gasteiger partial charge in [0, 0.05) is 19.6 Å². The standard InChI is InChI=1S/C11H25NO2/c1-5-10(2,3)7-9-14-11(4,12)6-8-13/h13H,5-9,12H2,1-4H3. The summed E-state index contributed by atoms with van der Waals surface area (Å²) in [7, 11) is 0. The Morgan fingerprint density at radius 1 is 1.21 bits per heavy atom. The van der Waals surface area contributed by atoms with Crippen LogP contribution >= 0.6 is 0 Å². The molecule has 0 aromatic rings. The monoisotopic (exact) mass is 203 g/mol. The molecule has 0 radical (unpaired) electrons. The van der Waals surface area contributed by atoms with Crippen LogP contribution in [0.3, 0.4) is 0 Å². The molecule has 0 saturated carbocycles. The molecule has 1 unspecified atom stereocenters. The van der Waals surface area contributed by atoms with Gasteiger partial charge in [-0.15, -0.1) is 0 Å². The molecule has 3 N–H and O–H groups in total. The second kappa shape index (κ2) is 5.69. The van der Waals surface area contributed by atoms with Crippen molar-refractivity contribution >= 4 is 0 Å². The largest absolute Gasteiger partial charge is 0.396 e. The number of aliphatic hydroxyl groups excluding tert-OH is 1. The lowest BCUT2D eigenvalue weighted by Gasteiger charge is -2.28. The number of ether oxygens (including phenoxy) is 1. The van der Waals surface area contributed by atoms with Gasteiger partial charge in [-0.1, -0.05) is 27.2 Å². The highest BCUT2D eigenvalue weighted by molar-refractivity contribution is 4.69. The Labute approximate surface area is 87.6 Å². The lowest BCUT2D eigenvalue weighted by Crippen LogP contribution is -2.41. The van der Waals surface area contributed by atoms with Crippen molar-refractivity contribution in [2.75, 3.05) is 13.2 Å². The molecule has 0 bridgehead atoms. The van der Waals surface area contributed by atoms with Crippen molar-refractivity contribution in [2.24, 2.45) is 11.1 Å². The van der Waals surface area contributed by atoms with E-state index in [0.717, 1.165) is 12.8 Å². The molecule has 0 aromatic carbocycles. The first-order valence-electron chi connectivity index (χ1n) is 5.37. The molecule has 86 valence electrons. The van der Waals surface area contributed by atoms with Crippen LogP contribution in [0, 0.1) is 5.41 Å². The molecule has 0 aliphatic heterocycles. The fraction of sp³-hybridized carbons (Fsp3) is 1.00. The van der Waals surface area contributed by atoms with Crippen molar-refractivity contribution in [1.29, 1.82) is 0 Å². The smallest absolute Gasteiger partial charge is 0.116 e. The van der Waals surface area contributed by atoms with Gasteiger partial charge in [-0.25, -0.2) is 0 Å². The quantitative estimate of drug-likeness (QED) is 0.621. The molecule has 1 atom stereocenters. The SMILES string of the molecule is CCC(C)(C)CCOC(C)(N)CCO.